The third kappa shape index (κ3) is 3.92. The van der Waals surface area contributed by atoms with E-state index < -0.39 is 23.3 Å². The first-order chi connectivity index (χ1) is 14.4. The van der Waals surface area contributed by atoms with Gasteiger partial charge in [-0.1, -0.05) is 35.9 Å². The molecule has 5 nitrogen and oxygen atoms in total. The van der Waals surface area contributed by atoms with Crippen LogP contribution < -0.4 is 5.32 Å². The van der Waals surface area contributed by atoms with Crippen molar-refractivity contribution in [2.45, 2.75) is 6.54 Å². The third-order valence-corrected chi connectivity index (χ3v) is 4.74. The van der Waals surface area contributed by atoms with Crippen molar-refractivity contribution in [2.24, 2.45) is 0 Å². The summed E-state index contributed by atoms with van der Waals surface area (Å²) in [6.45, 7) is -0.230. The van der Waals surface area contributed by atoms with E-state index in [1.807, 2.05) is 0 Å². The van der Waals surface area contributed by atoms with Crippen LogP contribution in [-0.4, -0.2) is 21.2 Å². The topological polar surface area (TPSA) is 64.0 Å². The summed E-state index contributed by atoms with van der Waals surface area (Å²) in [5.41, 5.74) is 1.53. The second-order valence-corrected chi connectivity index (χ2v) is 6.93. The maximum Gasteiger partial charge on any atom is 0.244 e. The van der Waals surface area contributed by atoms with Gasteiger partial charge in [0, 0.05) is 11.3 Å². The van der Waals surface area contributed by atoms with Gasteiger partial charge in [-0.2, -0.15) is 0 Å². The fraction of sp³-hybridized carbons (Fsp3) is 0.0455. The van der Waals surface area contributed by atoms with Crippen LogP contribution in [0.2, 0.25) is 5.02 Å². The maximum absolute atomic E-state index is 13.6. The second kappa shape index (κ2) is 8.04. The van der Waals surface area contributed by atoms with Crippen molar-refractivity contribution >= 4 is 40.0 Å². The van der Waals surface area contributed by atoms with Crippen LogP contribution in [-0.2, 0) is 11.3 Å². The number of carbonyl (C=O) groups is 2. The fourth-order valence-corrected chi connectivity index (χ4v) is 3.27. The number of benzene rings is 3. The Balaban J connectivity index is 1.68. The average Bonchev–Trinajstić information content (AvgIpc) is 3.08. The molecule has 0 saturated heterocycles. The molecular weight excluding hydrogens is 412 g/mol. The summed E-state index contributed by atoms with van der Waals surface area (Å²) >= 11 is 5.75. The minimum Gasteiger partial charge on any atom is -0.324 e. The number of nitrogens with one attached hydrogen (secondary N) is 1. The van der Waals surface area contributed by atoms with Gasteiger partial charge < -0.3 is 9.88 Å². The number of hydrogen-bond acceptors (Lipinski definition) is 3. The van der Waals surface area contributed by atoms with Crippen LogP contribution in [0, 0.1) is 11.6 Å². The number of imidazole rings is 1. The van der Waals surface area contributed by atoms with Gasteiger partial charge in [0.1, 0.15) is 18.2 Å². The molecule has 0 spiro atoms. The van der Waals surface area contributed by atoms with Crippen molar-refractivity contribution in [3.05, 3.63) is 94.8 Å². The highest BCUT2D eigenvalue weighted by molar-refractivity contribution is 6.31. The van der Waals surface area contributed by atoms with Crippen LogP contribution in [0.3, 0.4) is 0 Å². The summed E-state index contributed by atoms with van der Waals surface area (Å²) in [7, 11) is 0. The quantitative estimate of drug-likeness (QED) is 0.465. The van der Waals surface area contributed by atoms with Crippen LogP contribution in [0.1, 0.15) is 16.2 Å². The van der Waals surface area contributed by atoms with E-state index in [4.69, 9.17) is 11.6 Å². The molecule has 1 N–H and O–H groups in total. The Kier molecular flexibility index (Phi) is 5.29. The Bertz CT molecular complexity index is 1290. The second-order valence-electron chi connectivity index (χ2n) is 6.53. The van der Waals surface area contributed by atoms with Crippen LogP contribution >= 0.6 is 11.6 Å². The lowest BCUT2D eigenvalue weighted by Gasteiger charge is -2.10. The lowest BCUT2D eigenvalue weighted by molar-refractivity contribution is -0.116. The number of ketones is 1. The van der Waals surface area contributed by atoms with Gasteiger partial charge in [-0.25, -0.2) is 13.8 Å². The minimum atomic E-state index is -0.599. The summed E-state index contributed by atoms with van der Waals surface area (Å²) in [5, 5.41) is 2.50. The SMILES string of the molecule is O=C(Cn1c(C(=O)c2cccc(F)c2)nc2ccccc21)Nc1ccc(F)c(Cl)c1. The number of nitrogens with zero attached hydrogens (tertiary/aromatic N) is 2. The first-order valence-corrected chi connectivity index (χ1v) is 9.30. The van der Waals surface area contributed by atoms with E-state index in [9.17, 15) is 18.4 Å². The van der Waals surface area contributed by atoms with Crippen molar-refractivity contribution in [2.75, 3.05) is 5.32 Å². The van der Waals surface area contributed by atoms with E-state index in [1.165, 1.54) is 34.9 Å². The van der Waals surface area contributed by atoms with Crippen molar-refractivity contribution in [1.29, 1.82) is 0 Å². The van der Waals surface area contributed by atoms with E-state index in [2.05, 4.69) is 10.3 Å². The molecule has 1 aromatic heterocycles. The maximum atomic E-state index is 13.6. The van der Waals surface area contributed by atoms with Gasteiger partial charge in [0.2, 0.25) is 11.7 Å². The highest BCUT2D eigenvalue weighted by Gasteiger charge is 2.21. The van der Waals surface area contributed by atoms with Crippen molar-refractivity contribution in [3.63, 3.8) is 0 Å². The Morgan fingerprint density at radius 1 is 1.00 bits per heavy atom. The molecular formula is C22H14ClF2N3O2. The highest BCUT2D eigenvalue weighted by Crippen LogP contribution is 2.21. The van der Waals surface area contributed by atoms with E-state index in [0.717, 1.165) is 12.1 Å². The number of aromatic nitrogens is 2. The van der Waals surface area contributed by atoms with E-state index in [0.29, 0.717) is 16.7 Å². The normalized spacial score (nSPS) is 10.9. The third-order valence-electron chi connectivity index (χ3n) is 4.45. The number of anilines is 1. The standard InChI is InChI=1S/C22H14ClF2N3O2/c23-16-11-15(8-9-17(16)25)26-20(29)12-28-19-7-2-1-6-18(19)27-22(28)21(30)13-4-3-5-14(24)10-13/h1-11H,12H2,(H,26,29). The highest BCUT2D eigenvalue weighted by atomic mass is 35.5. The molecule has 0 radical (unpaired) electrons. The largest absolute Gasteiger partial charge is 0.324 e. The number of hydrogen-bond donors (Lipinski definition) is 1. The van der Waals surface area contributed by atoms with Crippen LogP contribution in [0.5, 0.6) is 0 Å². The molecule has 8 heteroatoms. The van der Waals surface area contributed by atoms with Gasteiger partial charge in [-0.3, -0.25) is 9.59 Å². The molecule has 3 aromatic carbocycles. The van der Waals surface area contributed by atoms with Gasteiger partial charge in [0.05, 0.1) is 16.1 Å². The van der Waals surface area contributed by atoms with Gasteiger partial charge in [-0.05, 0) is 42.5 Å². The molecule has 0 aliphatic heterocycles. The molecule has 0 fully saturated rings. The predicted molar refractivity (Wildman–Crippen MR) is 110 cm³/mol. The van der Waals surface area contributed by atoms with Crippen molar-refractivity contribution < 1.29 is 18.4 Å². The molecule has 0 saturated carbocycles. The lowest BCUT2D eigenvalue weighted by Crippen LogP contribution is -2.22. The molecule has 0 atom stereocenters. The minimum absolute atomic E-state index is 0.00842. The zero-order valence-electron chi connectivity index (χ0n) is 15.4. The molecule has 1 amide bonds. The monoisotopic (exact) mass is 425 g/mol. The lowest BCUT2D eigenvalue weighted by atomic mass is 10.1. The average molecular weight is 426 g/mol. The molecule has 4 aromatic rings. The number of rotatable bonds is 5. The smallest absolute Gasteiger partial charge is 0.244 e. The van der Waals surface area contributed by atoms with Gasteiger partial charge in [0.15, 0.2) is 5.82 Å². The summed E-state index contributed by atoms with van der Waals surface area (Å²) in [4.78, 5) is 29.9. The summed E-state index contributed by atoms with van der Waals surface area (Å²) < 4.78 is 28.4. The Morgan fingerprint density at radius 2 is 1.80 bits per heavy atom. The number of amides is 1. The fourth-order valence-electron chi connectivity index (χ4n) is 3.09. The molecule has 0 unspecified atom stereocenters. The first kappa shape index (κ1) is 19.7. The number of carbonyl (C=O) groups excluding carboxylic acids is 2. The number of fused-ring (bicyclic) bond motifs is 1. The number of para-hydroxylation sites is 2. The van der Waals surface area contributed by atoms with Crippen molar-refractivity contribution in [1.82, 2.24) is 9.55 Å². The summed E-state index contributed by atoms with van der Waals surface area (Å²) in [5.74, 6) is -2.11. The van der Waals surface area contributed by atoms with Crippen molar-refractivity contribution in [3.8, 4) is 0 Å². The summed E-state index contributed by atoms with van der Waals surface area (Å²) in [6.07, 6.45) is 0. The zero-order valence-corrected chi connectivity index (χ0v) is 16.2. The number of halogens is 3. The Morgan fingerprint density at radius 3 is 2.57 bits per heavy atom. The van der Waals surface area contributed by atoms with E-state index >= 15 is 0 Å². The van der Waals surface area contributed by atoms with Gasteiger partial charge in [0.25, 0.3) is 0 Å². The molecule has 0 aliphatic carbocycles. The zero-order chi connectivity index (χ0) is 21.3. The summed E-state index contributed by atoms with van der Waals surface area (Å²) in [6, 6.07) is 16.0. The van der Waals surface area contributed by atoms with E-state index in [1.54, 1.807) is 24.3 Å². The van der Waals surface area contributed by atoms with Crippen LogP contribution in [0.4, 0.5) is 14.5 Å². The molecule has 30 heavy (non-hydrogen) atoms. The first-order valence-electron chi connectivity index (χ1n) is 8.93. The molecule has 4 rings (SSSR count). The molecule has 0 bridgehead atoms. The molecule has 1 heterocycles. The predicted octanol–water partition coefficient (Wildman–Crippen LogP) is 4.84. The van der Waals surface area contributed by atoms with Gasteiger partial charge in [-0.15, -0.1) is 0 Å². The van der Waals surface area contributed by atoms with Gasteiger partial charge >= 0.3 is 0 Å². The van der Waals surface area contributed by atoms with E-state index in [-0.39, 0.29) is 23.0 Å². The molecule has 150 valence electrons. The molecule has 0 aliphatic rings. The Hall–Kier alpha value is -3.58. The van der Waals surface area contributed by atoms with Crippen LogP contribution in [0.15, 0.2) is 66.7 Å². The Labute approximate surface area is 174 Å². The van der Waals surface area contributed by atoms with Crippen LogP contribution in [0.25, 0.3) is 11.0 Å².